The van der Waals surface area contributed by atoms with Gasteiger partial charge in [0.05, 0.1) is 14.2 Å². The highest BCUT2D eigenvalue weighted by Gasteiger charge is 2.50. The predicted octanol–water partition coefficient (Wildman–Crippen LogP) is 6.62. The van der Waals surface area contributed by atoms with Crippen molar-refractivity contribution in [1.29, 1.82) is 0 Å². The zero-order valence-corrected chi connectivity index (χ0v) is 20.3. The molecule has 34 heavy (non-hydrogen) atoms. The Morgan fingerprint density at radius 2 is 1.82 bits per heavy atom. The normalized spacial score (nSPS) is 23.0. The van der Waals surface area contributed by atoms with Crippen LogP contribution in [0.2, 0.25) is 0 Å². The molecule has 6 heteroatoms. The fourth-order valence-electron chi connectivity index (χ4n) is 5.53. The number of benzene rings is 2. The molecule has 0 spiro atoms. The van der Waals surface area contributed by atoms with Crippen LogP contribution in [0.3, 0.4) is 0 Å². The third-order valence-corrected chi connectivity index (χ3v) is 7.59. The van der Waals surface area contributed by atoms with Crippen molar-refractivity contribution in [2.75, 3.05) is 26.1 Å². The van der Waals surface area contributed by atoms with Gasteiger partial charge in [0.25, 0.3) is 0 Å². The van der Waals surface area contributed by atoms with E-state index in [-0.39, 0.29) is 17.7 Å². The molecule has 0 radical (unpaired) electrons. The predicted molar refractivity (Wildman–Crippen MR) is 130 cm³/mol. The van der Waals surface area contributed by atoms with Gasteiger partial charge in [-0.25, -0.2) is 13.6 Å². The van der Waals surface area contributed by atoms with E-state index in [9.17, 15) is 9.18 Å². The average molecular weight is 472 g/mol. The minimum Gasteiger partial charge on any atom is -0.497 e. The number of hydrogen-bond acceptors (Lipinski definition) is 4. The Kier molecular flexibility index (Phi) is 7.44. The minimum absolute atomic E-state index is 0.156. The third-order valence-electron chi connectivity index (χ3n) is 7.59. The second-order valence-electron chi connectivity index (χ2n) is 9.99. The Morgan fingerprint density at radius 3 is 2.47 bits per heavy atom. The smallest absolute Gasteiger partial charge is 0.343 e. The van der Waals surface area contributed by atoms with Gasteiger partial charge < -0.3 is 14.8 Å². The molecule has 2 fully saturated rings. The molecular weight excluding hydrogens is 436 g/mol. The maximum Gasteiger partial charge on any atom is 0.343 e. The first-order chi connectivity index (χ1) is 16.3. The van der Waals surface area contributed by atoms with Gasteiger partial charge in [-0.3, -0.25) is 0 Å². The van der Waals surface area contributed by atoms with Gasteiger partial charge in [-0.15, -0.1) is 0 Å². The monoisotopic (exact) mass is 471 g/mol. The first-order valence-electron chi connectivity index (χ1n) is 12.3. The molecular formula is C28H35F2NO3. The zero-order chi connectivity index (χ0) is 24.3. The Morgan fingerprint density at radius 1 is 1.09 bits per heavy atom. The highest BCUT2D eigenvalue weighted by Crippen LogP contribution is 2.50. The molecule has 2 aromatic carbocycles. The molecule has 2 saturated carbocycles. The zero-order valence-electron chi connectivity index (χ0n) is 20.3. The number of nitrogens with one attached hydrogen (secondary N) is 1. The van der Waals surface area contributed by atoms with E-state index in [2.05, 4.69) is 5.32 Å². The van der Waals surface area contributed by atoms with E-state index in [4.69, 9.17) is 9.47 Å². The maximum atomic E-state index is 15.5. The average Bonchev–Trinajstić information content (AvgIpc) is 3.68. The quantitative estimate of drug-likeness (QED) is 0.418. The van der Waals surface area contributed by atoms with E-state index < -0.39 is 17.6 Å². The van der Waals surface area contributed by atoms with Gasteiger partial charge in [0.2, 0.25) is 5.67 Å². The fraction of sp³-hybridized carbons (Fsp3) is 0.536. The lowest BCUT2D eigenvalue weighted by Crippen LogP contribution is -2.39. The molecule has 4 rings (SSSR count). The molecule has 4 nitrogen and oxygen atoms in total. The SMILES string of the molecule is COC(=O)C(C)(F)[C@H](c1cccc(NCC2CCC(c3cc(OC)ccc3F)CC2)c1)C1CC1. The fourth-order valence-corrected chi connectivity index (χ4v) is 5.53. The molecule has 2 aliphatic carbocycles. The highest BCUT2D eigenvalue weighted by atomic mass is 19.1. The van der Waals surface area contributed by atoms with Crippen molar-refractivity contribution < 1.29 is 23.0 Å². The van der Waals surface area contributed by atoms with Crippen molar-refractivity contribution in [3.8, 4) is 5.75 Å². The standard InChI is InChI=1S/C28H35F2NO3/c1-28(30,27(32)34-3)26(20-11-12-20)21-5-4-6-22(15-21)31-17-18-7-9-19(10-8-18)24-16-23(33-2)13-14-25(24)29/h4-6,13-16,18-20,26,31H,7-12,17H2,1-3H3/t18?,19?,26-,28?/m0/s1. The molecule has 0 saturated heterocycles. The van der Waals surface area contributed by atoms with Crippen LogP contribution >= 0.6 is 0 Å². The van der Waals surface area contributed by atoms with Crippen LogP contribution in [0.15, 0.2) is 42.5 Å². The molecule has 0 heterocycles. The van der Waals surface area contributed by atoms with Crippen LogP contribution in [0.25, 0.3) is 0 Å². The maximum absolute atomic E-state index is 15.5. The topological polar surface area (TPSA) is 47.6 Å². The first-order valence-corrected chi connectivity index (χ1v) is 12.3. The largest absolute Gasteiger partial charge is 0.497 e. The number of esters is 1. The van der Waals surface area contributed by atoms with Crippen LogP contribution in [0.5, 0.6) is 5.75 Å². The molecule has 184 valence electrons. The number of methoxy groups -OCH3 is 2. The van der Waals surface area contributed by atoms with Crippen molar-refractivity contribution >= 4 is 11.7 Å². The summed E-state index contributed by atoms with van der Waals surface area (Å²) in [5.41, 5.74) is 0.469. The Bertz CT molecular complexity index is 997. The number of halogens is 2. The summed E-state index contributed by atoms with van der Waals surface area (Å²) in [6.07, 6.45) is 5.78. The summed E-state index contributed by atoms with van der Waals surface area (Å²) in [5.74, 6) is 0.0970. The second kappa shape index (κ2) is 10.3. The van der Waals surface area contributed by atoms with Gasteiger partial charge in [0.15, 0.2) is 0 Å². The molecule has 0 amide bonds. The van der Waals surface area contributed by atoms with Gasteiger partial charge >= 0.3 is 5.97 Å². The number of ether oxygens (including phenoxy) is 2. The Balaban J connectivity index is 1.36. The number of hydrogen-bond donors (Lipinski definition) is 1. The molecule has 0 aliphatic heterocycles. The number of carbonyl (C=O) groups excluding carboxylic acids is 1. The van der Waals surface area contributed by atoms with Crippen molar-refractivity contribution in [3.05, 3.63) is 59.4 Å². The van der Waals surface area contributed by atoms with E-state index in [1.165, 1.54) is 20.1 Å². The molecule has 1 unspecified atom stereocenters. The van der Waals surface area contributed by atoms with E-state index in [0.29, 0.717) is 11.7 Å². The first kappa shape index (κ1) is 24.5. The highest BCUT2D eigenvalue weighted by molar-refractivity contribution is 5.80. The van der Waals surface area contributed by atoms with E-state index in [0.717, 1.165) is 61.9 Å². The number of alkyl halides is 1. The summed E-state index contributed by atoms with van der Waals surface area (Å²) in [6, 6.07) is 12.8. The molecule has 2 aliphatic rings. The molecule has 0 bridgehead atoms. The molecule has 1 N–H and O–H groups in total. The lowest BCUT2D eigenvalue weighted by Gasteiger charge is -2.30. The van der Waals surface area contributed by atoms with E-state index >= 15 is 4.39 Å². The van der Waals surface area contributed by atoms with Crippen molar-refractivity contribution in [1.82, 2.24) is 0 Å². The van der Waals surface area contributed by atoms with Gasteiger partial charge in [-0.1, -0.05) is 12.1 Å². The van der Waals surface area contributed by atoms with Crippen LogP contribution < -0.4 is 10.1 Å². The summed E-state index contributed by atoms with van der Waals surface area (Å²) in [4.78, 5) is 12.1. The number of anilines is 1. The van der Waals surface area contributed by atoms with Crippen LogP contribution in [0.1, 0.15) is 68.4 Å². The lowest BCUT2D eigenvalue weighted by molar-refractivity contribution is -0.155. The minimum atomic E-state index is -2.05. The molecule has 2 atom stereocenters. The van der Waals surface area contributed by atoms with Crippen LogP contribution in [0, 0.1) is 17.7 Å². The van der Waals surface area contributed by atoms with Gasteiger partial charge in [-0.05, 0) is 105 Å². The second-order valence-corrected chi connectivity index (χ2v) is 9.99. The van der Waals surface area contributed by atoms with Gasteiger partial charge in [-0.2, -0.15) is 0 Å². The summed E-state index contributed by atoms with van der Waals surface area (Å²) < 4.78 is 39.8. The summed E-state index contributed by atoms with van der Waals surface area (Å²) in [5, 5.41) is 3.52. The van der Waals surface area contributed by atoms with Crippen molar-refractivity contribution in [2.24, 2.45) is 11.8 Å². The van der Waals surface area contributed by atoms with Crippen molar-refractivity contribution in [3.63, 3.8) is 0 Å². The third kappa shape index (κ3) is 5.37. The number of rotatable bonds is 9. The Hall–Kier alpha value is -2.63. The van der Waals surface area contributed by atoms with Crippen molar-refractivity contribution in [2.45, 2.75) is 63.0 Å². The lowest BCUT2D eigenvalue weighted by atomic mass is 9.78. The van der Waals surface area contributed by atoms with Crippen LogP contribution in [-0.4, -0.2) is 32.4 Å². The Labute approximate surface area is 201 Å². The number of carbonyl (C=O) groups is 1. The van der Waals surface area contributed by atoms with E-state index in [1.54, 1.807) is 13.2 Å². The summed E-state index contributed by atoms with van der Waals surface area (Å²) in [7, 11) is 2.84. The van der Waals surface area contributed by atoms with Gasteiger partial charge in [0.1, 0.15) is 11.6 Å². The molecule has 2 aromatic rings. The van der Waals surface area contributed by atoms with E-state index in [1.807, 2.05) is 30.3 Å². The van der Waals surface area contributed by atoms with Gasteiger partial charge in [0, 0.05) is 18.2 Å². The summed E-state index contributed by atoms with van der Waals surface area (Å²) >= 11 is 0. The van der Waals surface area contributed by atoms with Crippen LogP contribution in [0.4, 0.5) is 14.5 Å². The van der Waals surface area contributed by atoms with Crippen LogP contribution in [-0.2, 0) is 9.53 Å². The summed E-state index contributed by atoms with van der Waals surface area (Å²) in [6.45, 7) is 2.15. The molecule has 0 aromatic heterocycles.